The van der Waals surface area contributed by atoms with Crippen molar-refractivity contribution in [2.75, 3.05) is 27.2 Å². The summed E-state index contributed by atoms with van der Waals surface area (Å²) in [5.41, 5.74) is 1.48. The molecule has 7 heteroatoms. The molecule has 1 N–H and O–H groups in total. The number of aryl methyl sites for hydroxylation is 1. The van der Waals surface area contributed by atoms with Crippen molar-refractivity contribution in [1.82, 2.24) is 24.4 Å². The third-order valence-electron chi connectivity index (χ3n) is 4.76. The number of aromatic nitrogens is 3. The summed E-state index contributed by atoms with van der Waals surface area (Å²) >= 11 is 0. The molecule has 7 nitrogen and oxygen atoms in total. The number of fused-ring (bicyclic) bond motifs is 1. The number of aromatic amines is 1. The number of hydrogen-bond acceptors (Lipinski definition) is 4. The van der Waals surface area contributed by atoms with Crippen LogP contribution in [-0.2, 0) is 11.2 Å². The van der Waals surface area contributed by atoms with Crippen molar-refractivity contribution in [2.45, 2.75) is 26.3 Å². The van der Waals surface area contributed by atoms with Crippen LogP contribution in [0.5, 0.6) is 0 Å². The Bertz CT molecular complexity index is 791. The number of carbonyl (C=O) groups excluding carboxylic acids is 1. The summed E-state index contributed by atoms with van der Waals surface area (Å²) in [6.45, 7) is 5.39. The summed E-state index contributed by atoms with van der Waals surface area (Å²) in [6.07, 6.45) is 1.77. The van der Waals surface area contributed by atoms with Gasteiger partial charge in [-0.3, -0.25) is 14.7 Å². The quantitative estimate of drug-likeness (QED) is 0.882. The molecular weight excluding hydrogens is 294 g/mol. The van der Waals surface area contributed by atoms with E-state index in [1.807, 2.05) is 19.0 Å². The van der Waals surface area contributed by atoms with E-state index in [4.69, 9.17) is 0 Å². The Kier molecular flexibility index (Phi) is 3.97. The van der Waals surface area contributed by atoms with E-state index >= 15 is 0 Å². The fourth-order valence-corrected chi connectivity index (χ4v) is 3.40. The number of nitrogens with zero attached hydrogens (tertiary/aromatic N) is 4. The van der Waals surface area contributed by atoms with Crippen LogP contribution in [0.4, 0.5) is 0 Å². The van der Waals surface area contributed by atoms with E-state index in [0.29, 0.717) is 35.4 Å². The van der Waals surface area contributed by atoms with Crippen molar-refractivity contribution < 1.29 is 4.79 Å². The van der Waals surface area contributed by atoms with Crippen LogP contribution >= 0.6 is 0 Å². The van der Waals surface area contributed by atoms with Gasteiger partial charge in [-0.2, -0.15) is 0 Å². The van der Waals surface area contributed by atoms with Gasteiger partial charge in [0, 0.05) is 42.7 Å². The van der Waals surface area contributed by atoms with Gasteiger partial charge in [-0.25, -0.2) is 9.50 Å². The highest BCUT2D eigenvalue weighted by molar-refractivity contribution is 5.79. The van der Waals surface area contributed by atoms with Gasteiger partial charge in [-0.1, -0.05) is 6.92 Å². The first-order chi connectivity index (χ1) is 10.9. The molecule has 124 valence electrons. The van der Waals surface area contributed by atoms with Gasteiger partial charge in [0.15, 0.2) is 5.65 Å². The van der Waals surface area contributed by atoms with Crippen LogP contribution in [0.1, 0.15) is 18.2 Å². The molecule has 0 unspecified atom stereocenters. The Morgan fingerprint density at radius 3 is 2.83 bits per heavy atom. The minimum Gasteiger partial charge on any atom is -0.340 e. The number of rotatable bonds is 3. The topological polar surface area (TPSA) is 73.7 Å². The summed E-state index contributed by atoms with van der Waals surface area (Å²) in [4.78, 5) is 33.5. The second kappa shape index (κ2) is 5.81. The molecule has 2 atom stereocenters. The Labute approximate surface area is 134 Å². The van der Waals surface area contributed by atoms with Gasteiger partial charge in [0.2, 0.25) is 5.91 Å². The Hall–Kier alpha value is -2.15. The maximum atomic E-state index is 12.6. The molecule has 0 bridgehead atoms. The molecule has 1 saturated heterocycles. The van der Waals surface area contributed by atoms with Crippen LogP contribution in [0.2, 0.25) is 0 Å². The highest BCUT2D eigenvalue weighted by Gasteiger charge is 2.33. The Balaban J connectivity index is 1.83. The van der Waals surface area contributed by atoms with Gasteiger partial charge in [0.05, 0.1) is 6.42 Å². The molecule has 0 aliphatic carbocycles. The van der Waals surface area contributed by atoms with Crippen LogP contribution in [0.15, 0.2) is 17.1 Å². The standard InChI is InChI=1S/C16H23N5O2/c1-10-8-20(9-13(10)19(3)4)15(22)7-12-11(2)18-14-5-6-17-21(14)16(12)23/h5-6,10,13,17H,7-9H2,1-4H3/t10-,13+/m1/s1. The molecule has 1 aliphatic rings. The largest absolute Gasteiger partial charge is 0.340 e. The number of amides is 1. The third-order valence-corrected chi connectivity index (χ3v) is 4.76. The number of H-pyrrole nitrogens is 1. The molecule has 3 rings (SSSR count). The van der Waals surface area contributed by atoms with E-state index < -0.39 is 0 Å². The van der Waals surface area contributed by atoms with Crippen LogP contribution in [-0.4, -0.2) is 63.5 Å². The van der Waals surface area contributed by atoms with E-state index in [-0.39, 0.29) is 17.9 Å². The number of hydrogen-bond donors (Lipinski definition) is 1. The Morgan fingerprint density at radius 2 is 2.17 bits per heavy atom. The fraction of sp³-hybridized carbons (Fsp3) is 0.562. The van der Waals surface area contributed by atoms with E-state index in [9.17, 15) is 9.59 Å². The molecule has 2 aromatic rings. The van der Waals surface area contributed by atoms with Gasteiger partial charge >= 0.3 is 0 Å². The van der Waals surface area contributed by atoms with Crippen LogP contribution in [0.25, 0.3) is 5.65 Å². The van der Waals surface area contributed by atoms with Crippen molar-refractivity contribution in [1.29, 1.82) is 0 Å². The molecule has 23 heavy (non-hydrogen) atoms. The summed E-state index contributed by atoms with van der Waals surface area (Å²) in [6, 6.07) is 2.11. The predicted octanol–water partition coefficient (Wildman–Crippen LogP) is 0.282. The molecule has 0 radical (unpaired) electrons. The van der Waals surface area contributed by atoms with Gasteiger partial charge in [0.1, 0.15) is 0 Å². The lowest BCUT2D eigenvalue weighted by Crippen LogP contribution is -2.37. The first-order valence-electron chi connectivity index (χ1n) is 7.88. The zero-order valence-corrected chi connectivity index (χ0v) is 14.0. The van der Waals surface area contributed by atoms with Crippen LogP contribution < -0.4 is 5.56 Å². The molecule has 1 aliphatic heterocycles. The summed E-state index contributed by atoms with van der Waals surface area (Å²) in [5, 5.41) is 2.84. The average Bonchev–Trinajstić information content (AvgIpc) is 3.09. The Morgan fingerprint density at radius 1 is 1.43 bits per heavy atom. The van der Waals surface area contributed by atoms with Crippen molar-refractivity contribution in [3.05, 3.63) is 33.9 Å². The normalized spacial score (nSPS) is 21.5. The SMILES string of the molecule is Cc1nc2cc[nH]n2c(=O)c1CC(=O)N1C[C@@H](C)[C@@H](N(C)C)C1. The highest BCUT2D eigenvalue weighted by Crippen LogP contribution is 2.20. The number of nitrogens with one attached hydrogen (secondary N) is 1. The second-order valence-electron chi connectivity index (χ2n) is 6.62. The highest BCUT2D eigenvalue weighted by atomic mass is 16.2. The molecule has 1 fully saturated rings. The first-order valence-corrected chi connectivity index (χ1v) is 7.88. The number of likely N-dealkylation sites (tertiary alicyclic amines) is 1. The van der Waals surface area contributed by atoms with E-state index in [0.717, 1.165) is 6.54 Å². The van der Waals surface area contributed by atoms with E-state index in [2.05, 4.69) is 21.9 Å². The van der Waals surface area contributed by atoms with Crippen molar-refractivity contribution >= 4 is 11.6 Å². The molecule has 0 aromatic carbocycles. The minimum atomic E-state index is -0.192. The van der Waals surface area contributed by atoms with Crippen molar-refractivity contribution in [2.24, 2.45) is 5.92 Å². The first kappa shape index (κ1) is 15.7. The fourth-order valence-electron chi connectivity index (χ4n) is 3.40. The van der Waals surface area contributed by atoms with Gasteiger partial charge in [-0.15, -0.1) is 0 Å². The second-order valence-corrected chi connectivity index (χ2v) is 6.62. The maximum absolute atomic E-state index is 12.6. The van der Waals surface area contributed by atoms with E-state index in [1.54, 1.807) is 19.2 Å². The summed E-state index contributed by atoms with van der Waals surface area (Å²) in [5.74, 6) is 0.426. The maximum Gasteiger partial charge on any atom is 0.276 e. The van der Waals surface area contributed by atoms with Crippen molar-refractivity contribution in [3.63, 3.8) is 0 Å². The minimum absolute atomic E-state index is 0.00490. The average molecular weight is 317 g/mol. The monoisotopic (exact) mass is 317 g/mol. The zero-order valence-electron chi connectivity index (χ0n) is 14.0. The van der Waals surface area contributed by atoms with Crippen molar-refractivity contribution in [3.8, 4) is 0 Å². The predicted molar refractivity (Wildman–Crippen MR) is 87.5 cm³/mol. The number of carbonyl (C=O) groups is 1. The molecule has 2 aromatic heterocycles. The van der Waals surface area contributed by atoms with E-state index in [1.165, 1.54) is 4.52 Å². The summed E-state index contributed by atoms with van der Waals surface area (Å²) < 4.78 is 1.38. The molecule has 0 saturated carbocycles. The van der Waals surface area contributed by atoms with Crippen LogP contribution in [0, 0.1) is 12.8 Å². The molecule has 3 heterocycles. The number of likely N-dealkylation sites (N-methyl/N-ethyl adjacent to an activating group) is 1. The third kappa shape index (κ3) is 2.76. The van der Waals surface area contributed by atoms with Crippen LogP contribution in [0.3, 0.4) is 0 Å². The van der Waals surface area contributed by atoms with Gasteiger partial charge in [0.25, 0.3) is 5.56 Å². The smallest absolute Gasteiger partial charge is 0.276 e. The van der Waals surface area contributed by atoms with Gasteiger partial charge < -0.3 is 9.80 Å². The molecule has 1 amide bonds. The summed E-state index contributed by atoms with van der Waals surface area (Å²) in [7, 11) is 4.07. The molecule has 0 spiro atoms. The van der Waals surface area contributed by atoms with Gasteiger partial charge in [-0.05, 0) is 26.9 Å². The lowest BCUT2D eigenvalue weighted by Gasteiger charge is -2.22. The molecular formula is C16H23N5O2. The zero-order chi connectivity index (χ0) is 16.7. The lowest BCUT2D eigenvalue weighted by atomic mass is 10.1. The lowest BCUT2D eigenvalue weighted by molar-refractivity contribution is -0.129.